The van der Waals surface area contributed by atoms with Crippen molar-refractivity contribution in [2.45, 2.75) is 6.54 Å². The first kappa shape index (κ1) is 13.4. The lowest BCUT2D eigenvalue weighted by molar-refractivity contribution is 0.161. The molecule has 4 nitrogen and oxygen atoms in total. The second kappa shape index (κ2) is 6.22. The maximum atomic E-state index is 8.63. The third-order valence-electron chi connectivity index (χ3n) is 2.78. The van der Waals surface area contributed by atoms with Crippen LogP contribution < -0.4 is 15.1 Å². The summed E-state index contributed by atoms with van der Waals surface area (Å²) in [7, 11) is 3.97. The summed E-state index contributed by atoms with van der Waals surface area (Å²) in [5.74, 6) is 1.59. The van der Waals surface area contributed by atoms with Crippen molar-refractivity contribution in [3.8, 4) is 11.5 Å². The molecular formula is C15H18N2O2. The van der Waals surface area contributed by atoms with Crippen LogP contribution in [-0.4, -0.2) is 19.3 Å². The van der Waals surface area contributed by atoms with Gasteiger partial charge in [-0.1, -0.05) is 24.3 Å². The highest BCUT2D eigenvalue weighted by molar-refractivity contribution is 5.58. The summed E-state index contributed by atoms with van der Waals surface area (Å²) < 4.78 is 5.88. The van der Waals surface area contributed by atoms with Crippen molar-refractivity contribution in [1.82, 2.24) is 5.48 Å². The molecule has 2 aromatic carbocycles. The average Bonchev–Trinajstić information content (AvgIpc) is 2.42. The molecule has 2 aromatic rings. The smallest absolute Gasteiger partial charge is 0.150 e. The summed E-state index contributed by atoms with van der Waals surface area (Å²) >= 11 is 0. The SMILES string of the molecule is CN(C)c1ccccc1Oc1ccc(CNO)cc1. The maximum Gasteiger partial charge on any atom is 0.150 e. The molecule has 0 saturated carbocycles. The molecule has 0 aliphatic rings. The van der Waals surface area contributed by atoms with E-state index in [9.17, 15) is 0 Å². The van der Waals surface area contributed by atoms with Crippen LogP contribution in [0.25, 0.3) is 0 Å². The standard InChI is InChI=1S/C15H18N2O2/c1-17(2)14-5-3-4-6-15(14)19-13-9-7-12(8-10-13)11-16-18/h3-10,16,18H,11H2,1-2H3. The first-order valence-electron chi connectivity index (χ1n) is 6.11. The van der Waals surface area contributed by atoms with Gasteiger partial charge in [-0.25, -0.2) is 5.48 Å². The molecule has 0 radical (unpaired) electrons. The number of nitrogens with one attached hydrogen (secondary N) is 1. The summed E-state index contributed by atoms with van der Waals surface area (Å²) in [5.41, 5.74) is 4.16. The predicted octanol–water partition coefficient (Wildman–Crippen LogP) is 3.02. The number of ether oxygens (including phenoxy) is 1. The van der Waals surface area contributed by atoms with Gasteiger partial charge in [0, 0.05) is 20.6 Å². The number of benzene rings is 2. The molecule has 0 aliphatic carbocycles. The zero-order valence-electron chi connectivity index (χ0n) is 11.1. The van der Waals surface area contributed by atoms with Crippen LogP contribution in [-0.2, 0) is 6.54 Å². The number of hydroxylamine groups is 1. The van der Waals surface area contributed by atoms with Crippen molar-refractivity contribution in [1.29, 1.82) is 0 Å². The first-order chi connectivity index (χ1) is 9.20. The minimum Gasteiger partial charge on any atom is -0.455 e. The van der Waals surface area contributed by atoms with Crippen LogP contribution in [0.4, 0.5) is 5.69 Å². The normalized spacial score (nSPS) is 10.3. The Balaban J connectivity index is 2.17. The predicted molar refractivity (Wildman–Crippen MR) is 75.9 cm³/mol. The van der Waals surface area contributed by atoms with E-state index in [1.165, 1.54) is 0 Å². The number of rotatable bonds is 5. The molecule has 0 unspecified atom stereocenters. The van der Waals surface area contributed by atoms with Gasteiger partial charge in [0.25, 0.3) is 0 Å². The molecule has 0 atom stereocenters. The van der Waals surface area contributed by atoms with E-state index in [0.717, 1.165) is 22.7 Å². The molecule has 0 saturated heterocycles. The Kier molecular flexibility index (Phi) is 4.39. The van der Waals surface area contributed by atoms with E-state index < -0.39 is 0 Å². The molecule has 19 heavy (non-hydrogen) atoms. The van der Waals surface area contributed by atoms with Crippen molar-refractivity contribution in [2.75, 3.05) is 19.0 Å². The lowest BCUT2D eigenvalue weighted by Crippen LogP contribution is -2.09. The van der Waals surface area contributed by atoms with E-state index in [4.69, 9.17) is 9.94 Å². The van der Waals surface area contributed by atoms with E-state index in [-0.39, 0.29) is 0 Å². The van der Waals surface area contributed by atoms with Gasteiger partial charge < -0.3 is 14.8 Å². The molecule has 0 amide bonds. The van der Waals surface area contributed by atoms with Crippen LogP contribution in [0.3, 0.4) is 0 Å². The minimum absolute atomic E-state index is 0.425. The van der Waals surface area contributed by atoms with Crippen LogP contribution >= 0.6 is 0 Å². The van der Waals surface area contributed by atoms with Gasteiger partial charge in [0.2, 0.25) is 0 Å². The van der Waals surface area contributed by atoms with Crippen molar-refractivity contribution < 1.29 is 9.94 Å². The van der Waals surface area contributed by atoms with Crippen LogP contribution in [0.2, 0.25) is 0 Å². The van der Waals surface area contributed by atoms with Crippen molar-refractivity contribution >= 4 is 5.69 Å². The van der Waals surface area contributed by atoms with Gasteiger partial charge in [-0.15, -0.1) is 0 Å². The molecule has 4 heteroatoms. The number of hydrogen-bond donors (Lipinski definition) is 2. The summed E-state index contributed by atoms with van der Waals surface area (Å²) in [4.78, 5) is 2.01. The number of para-hydroxylation sites is 2. The van der Waals surface area contributed by atoms with Crippen LogP contribution in [0, 0.1) is 0 Å². The van der Waals surface area contributed by atoms with Gasteiger partial charge >= 0.3 is 0 Å². The highest BCUT2D eigenvalue weighted by atomic mass is 16.5. The highest BCUT2D eigenvalue weighted by Crippen LogP contribution is 2.30. The van der Waals surface area contributed by atoms with Gasteiger partial charge in [-0.05, 0) is 29.8 Å². The van der Waals surface area contributed by atoms with Gasteiger partial charge in [0.05, 0.1) is 5.69 Å². The number of anilines is 1. The quantitative estimate of drug-likeness (QED) is 0.809. The van der Waals surface area contributed by atoms with E-state index in [1.54, 1.807) is 0 Å². The molecule has 0 aromatic heterocycles. The van der Waals surface area contributed by atoms with Crippen LogP contribution in [0.1, 0.15) is 5.56 Å². The Morgan fingerprint density at radius 1 is 1.05 bits per heavy atom. The van der Waals surface area contributed by atoms with Crippen molar-refractivity contribution in [3.63, 3.8) is 0 Å². The molecule has 0 bridgehead atoms. The van der Waals surface area contributed by atoms with Crippen LogP contribution in [0.5, 0.6) is 11.5 Å². The summed E-state index contributed by atoms with van der Waals surface area (Å²) in [5, 5.41) is 8.63. The Morgan fingerprint density at radius 3 is 2.37 bits per heavy atom. The average molecular weight is 258 g/mol. The fourth-order valence-corrected chi connectivity index (χ4v) is 1.81. The van der Waals surface area contributed by atoms with E-state index in [0.29, 0.717) is 6.54 Å². The fraction of sp³-hybridized carbons (Fsp3) is 0.200. The van der Waals surface area contributed by atoms with Gasteiger partial charge in [-0.3, -0.25) is 0 Å². The summed E-state index contributed by atoms with van der Waals surface area (Å²) in [6.07, 6.45) is 0. The summed E-state index contributed by atoms with van der Waals surface area (Å²) in [6, 6.07) is 15.5. The second-order valence-corrected chi connectivity index (χ2v) is 4.44. The number of hydrogen-bond acceptors (Lipinski definition) is 4. The van der Waals surface area contributed by atoms with Crippen LogP contribution in [0.15, 0.2) is 48.5 Å². The molecule has 2 N–H and O–H groups in total. The van der Waals surface area contributed by atoms with E-state index in [2.05, 4.69) is 5.48 Å². The molecule has 0 fully saturated rings. The topological polar surface area (TPSA) is 44.7 Å². The minimum atomic E-state index is 0.425. The first-order valence-corrected chi connectivity index (χ1v) is 6.11. The van der Waals surface area contributed by atoms with Crippen molar-refractivity contribution in [3.05, 3.63) is 54.1 Å². The Hall–Kier alpha value is -2.04. The van der Waals surface area contributed by atoms with Crippen molar-refractivity contribution in [2.24, 2.45) is 0 Å². The third-order valence-corrected chi connectivity index (χ3v) is 2.78. The third kappa shape index (κ3) is 3.47. The molecule has 0 spiro atoms. The lowest BCUT2D eigenvalue weighted by Gasteiger charge is -2.17. The Bertz CT molecular complexity index is 524. The maximum absolute atomic E-state index is 8.63. The molecular weight excluding hydrogens is 240 g/mol. The van der Waals surface area contributed by atoms with Gasteiger partial charge in [0.15, 0.2) is 5.75 Å². The second-order valence-electron chi connectivity index (χ2n) is 4.44. The molecule has 0 aliphatic heterocycles. The largest absolute Gasteiger partial charge is 0.455 e. The van der Waals surface area contributed by atoms with E-state index >= 15 is 0 Å². The fourth-order valence-electron chi connectivity index (χ4n) is 1.81. The van der Waals surface area contributed by atoms with Gasteiger partial charge in [-0.2, -0.15) is 0 Å². The highest BCUT2D eigenvalue weighted by Gasteiger charge is 2.05. The summed E-state index contributed by atoms with van der Waals surface area (Å²) in [6.45, 7) is 0.425. The molecule has 2 rings (SSSR count). The number of nitrogens with zero attached hydrogens (tertiary/aromatic N) is 1. The van der Waals surface area contributed by atoms with E-state index in [1.807, 2.05) is 67.5 Å². The zero-order chi connectivity index (χ0) is 13.7. The zero-order valence-corrected chi connectivity index (χ0v) is 11.1. The monoisotopic (exact) mass is 258 g/mol. The molecule has 0 heterocycles. The Labute approximate surface area is 113 Å². The Morgan fingerprint density at radius 2 is 1.74 bits per heavy atom. The lowest BCUT2D eigenvalue weighted by atomic mass is 10.2. The molecule has 100 valence electrons. The van der Waals surface area contributed by atoms with Gasteiger partial charge in [0.1, 0.15) is 5.75 Å².